The Labute approximate surface area is 133 Å². The Morgan fingerprint density at radius 1 is 1.24 bits per heavy atom. The Balaban J connectivity index is 2.06. The summed E-state index contributed by atoms with van der Waals surface area (Å²) in [5.74, 6) is -1.04. The number of halogens is 3. The van der Waals surface area contributed by atoms with E-state index in [1.807, 2.05) is 0 Å². The van der Waals surface area contributed by atoms with E-state index in [0.29, 0.717) is 15.7 Å². The topological polar surface area (TPSA) is 46.2 Å². The number of benzene rings is 2. The molecular weight excluding hydrogens is 361 g/mol. The molecule has 0 atom stereocenters. The van der Waals surface area contributed by atoms with Crippen LogP contribution >= 0.6 is 27.5 Å². The van der Waals surface area contributed by atoms with Crippen molar-refractivity contribution in [3.05, 3.63) is 62.3 Å². The summed E-state index contributed by atoms with van der Waals surface area (Å²) in [5, 5.41) is 2.88. The molecule has 2 aromatic carbocycles. The molecule has 0 spiro atoms. The van der Waals surface area contributed by atoms with Crippen molar-refractivity contribution in [1.82, 2.24) is 0 Å². The summed E-state index contributed by atoms with van der Waals surface area (Å²) in [6.07, 6.45) is 0.208. The van der Waals surface area contributed by atoms with Crippen molar-refractivity contribution >= 4 is 44.9 Å². The van der Waals surface area contributed by atoms with Gasteiger partial charge in [0.05, 0.1) is 11.4 Å². The lowest BCUT2D eigenvalue weighted by molar-refractivity contribution is -0.115. The molecule has 3 nitrogen and oxygen atoms in total. The first-order valence-electron chi connectivity index (χ1n) is 6.07. The van der Waals surface area contributed by atoms with Crippen molar-refractivity contribution < 1.29 is 14.0 Å². The number of carbonyl (C=O) groups is 2. The summed E-state index contributed by atoms with van der Waals surface area (Å²) in [7, 11) is 0. The molecule has 1 aliphatic rings. The lowest BCUT2D eigenvalue weighted by atomic mass is 10.00. The van der Waals surface area contributed by atoms with E-state index in [-0.39, 0.29) is 34.3 Å². The van der Waals surface area contributed by atoms with Gasteiger partial charge in [0.15, 0.2) is 5.78 Å². The van der Waals surface area contributed by atoms with Crippen LogP contribution in [0.3, 0.4) is 0 Å². The van der Waals surface area contributed by atoms with Crippen molar-refractivity contribution in [2.24, 2.45) is 0 Å². The second kappa shape index (κ2) is 5.24. The van der Waals surface area contributed by atoms with Gasteiger partial charge < -0.3 is 5.32 Å². The quantitative estimate of drug-likeness (QED) is 0.815. The van der Waals surface area contributed by atoms with Crippen LogP contribution in [-0.2, 0) is 11.2 Å². The molecule has 6 heteroatoms. The molecule has 0 unspecified atom stereocenters. The van der Waals surface area contributed by atoms with Crippen LogP contribution in [-0.4, -0.2) is 11.7 Å². The van der Waals surface area contributed by atoms with Gasteiger partial charge in [-0.3, -0.25) is 9.59 Å². The van der Waals surface area contributed by atoms with Crippen LogP contribution in [0, 0.1) is 5.82 Å². The van der Waals surface area contributed by atoms with Gasteiger partial charge in [0.2, 0.25) is 5.91 Å². The Morgan fingerprint density at radius 2 is 2.00 bits per heavy atom. The number of hydrogen-bond acceptors (Lipinski definition) is 2. The van der Waals surface area contributed by atoms with Gasteiger partial charge in [-0.05, 0) is 35.9 Å². The van der Waals surface area contributed by atoms with E-state index < -0.39 is 5.82 Å². The normalized spacial score (nSPS) is 13.0. The van der Waals surface area contributed by atoms with Gasteiger partial charge in [0.25, 0.3) is 0 Å². The lowest BCUT2D eigenvalue weighted by Gasteiger charge is -2.07. The van der Waals surface area contributed by atoms with E-state index in [1.165, 1.54) is 12.1 Å². The number of amides is 1. The first-order chi connectivity index (χ1) is 9.94. The van der Waals surface area contributed by atoms with Gasteiger partial charge in [-0.1, -0.05) is 27.5 Å². The van der Waals surface area contributed by atoms with E-state index in [1.54, 1.807) is 12.1 Å². The monoisotopic (exact) mass is 367 g/mol. The fraction of sp³-hybridized carbons (Fsp3) is 0.0667. The minimum atomic E-state index is -0.512. The molecule has 0 radical (unpaired) electrons. The molecule has 21 heavy (non-hydrogen) atoms. The van der Waals surface area contributed by atoms with Crippen LogP contribution in [0.4, 0.5) is 10.1 Å². The second-order valence-electron chi connectivity index (χ2n) is 4.70. The predicted molar refractivity (Wildman–Crippen MR) is 81.3 cm³/mol. The number of ketones is 1. The summed E-state index contributed by atoms with van der Waals surface area (Å²) < 4.78 is 13.9. The number of nitrogens with one attached hydrogen (secondary N) is 1. The molecule has 1 amide bonds. The maximum Gasteiger partial charge on any atom is 0.228 e. The van der Waals surface area contributed by atoms with Crippen molar-refractivity contribution in [1.29, 1.82) is 0 Å². The van der Waals surface area contributed by atoms with Crippen LogP contribution in [0.25, 0.3) is 0 Å². The third-order valence-corrected chi connectivity index (χ3v) is 3.96. The van der Waals surface area contributed by atoms with Crippen LogP contribution in [0.15, 0.2) is 34.8 Å². The zero-order chi connectivity index (χ0) is 15.1. The Bertz CT molecular complexity index is 771. The molecular formula is C15H8BrClFNO2. The van der Waals surface area contributed by atoms with Gasteiger partial charge >= 0.3 is 0 Å². The Hall–Kier alpha value is -1.72. The van der Waals surface area contributed by atoms with E-state index in [4.69, 9.17) is 11.6 Å². The van der Waals surface area contributed by atoms with Crippen LogP contribution in [0.5, 0.6) is 0 Å². The molecule has 1 heterocycles. The van der Waals surface area contributed by atoms with Crippen molar-refractivity contribution in [3.63, 3.8) is 0 Å². The van der Waals surface area contributed by atoms with Gasteiger partial charge in [-0.2, -0.15) is 0 Å². The minimum Gasteiger partial charge on any atom is -0.325 e. The molecule has 0 aliphatic carbocycles. The highest BCUT2D eigenvalue weighted by atomic mass is 79.9. The fourth-order valence-corrected chi connectivity index (χ4v) is 2.98. The van der Waals surface area contributed by atoms with Crippen molar-refractivity contribution in [3.8, 4) is 0 Å². The van der Waals surface area contributed by atoms with Crippen LogP contribution in [0.2, 0.25) is 5.02 Å². The molecule has 1 N–H and O–H groups in total. The van der Waals surface area contributed by atoms with E-state index >= 15 is 0 Å². The van der Waals surface area contributed by atoms with Gasteiger partial charge in [-0.25, -0.2) is 4.39 Å². The standard InChI is InChI=1S/C15H8BrClFNO2/c16-9-1-8(2-10(18)5-9)15(21)11-3-7-4-14(20)19-13(7)6-12(11)17/h1-3,5-6H,4H2,(H,19,20). The Morgan fingerprint density at radius 3 is 2.71 bits per heavy atom. The zero-order valence-electron chi connectivity index (χ0n) is 10.5. The maximum atomic E-state index is 13.4. The summed E-state index contributed by atoms with van der Waals surface area (Å²) >= 11 is 9.25. The summed E-state index contributed by atoms with van der Waals surface area (Å²) in [4.78, 5) is 23.8. The first-order valence-corrected chi connectivity index (χ1v) is 7.24. The smallest absolute Gasteiger partial charge is 0.228 e. The molecule has 106 valence electrons. The number of hydrogen-bond donors (Lipinski definition) is 1. The third kappa shape index (κ3) is 2.71. The molecule has 0 bridgehead atoms. The van der Waals surface area contributed by atoms with Crippen LogP contribution in [0.1, 0.15) is 21.5 Å². The largest absolute Gasteiger partial charge is 0.325 e. The third-order valence-electron chi connectivity index (χ3n) is 3.19. The summed E-state index contributed by atoms with van der Waals surface area (Å²) in [6, 6.07) is 7.07. The number of carbonyl (C=O) groups excluding carboxylic acids is 2. The SMILES string of the molecule is O=C1Cc2cc(C(=O)c3cc(F)cc(Br)c3)c(Cl)cc2N1. The number of rotatable bonds is 2. The number of anilines is 1. The lowest BCUT2D eigenvalue weighted by Crippen LogP contribution is -2.04. The van der Waals surface area contributed by atoms with E-state index in [2.05, 4.69) is 21.2 Å². The average Bonchev–Trinajstić information content (AvgIpc) is 2.75. The van der Waals surface area contributed by atoms with E-state index in [0.717, 1.165) is 6.07 Å². The molecule has 0 saturated heterocycles. The zero-order valence-corrected chi connectivity index (χ0v) is 12.9. The molecule has 0 aromatic heterocycles. The highest BCUT2D eigenvalue weighted by Gasteiger charge is 2.22. The van der Waals surface area contributed by atoms with Gasteiger partial charge in [0.1, 0.15) is 5.82 Å². The van der Waals surface area contributed by atoms with E-state index in [9.17, 15) is 14.0 Å². The molecule has 2 aromatic rings. The average molecular weight is 369 g/mol. The second-order valence-corrected chi connectivity index (χ2v) is 6.02. The fourth-order valence-electron chi connectivity index (χ4n) is 2.26. The summed E-state index contributed by atoms with van der Waals surface area (Å²) in [5.41, 5.74) is 1.77. The molecule has 1 aliphatic heterocycles. The number of fused-ring (bicyclic) bond motifs is 1. The summed E-state index contributed by atoms with van der Waals surface area (Å²) in [6.45, 7) is 0. The highest BCUT2D eigenvalue weighted by molar-refractivity contribution is 9.10. The molecule has 0 fully saturated rings. The maximum absolute atomic E-state index is 13.4. The highest BCUT2D eigenvalue weighted by Crippen LogP contribution is 2.31. The van der Waals surface area contributed by atoms with Crippen molar-refractivity contribution in [2.45, 2.75) is 6.42 Å². The first kappa shape index (κ1) is 14.2. The predicted octanol–water partition coefficient (Wildman–Crippen LogP) is 3.97. The minimum absolute atomic E-state index is 0.140. The van der Waals surface area contributed by atoms with Gasteiger partial charge in [0, 0.05) is 21.3 Å². The van der Waals surface area contributed by atoms with Gasteiger partial charge in [-0.15, -0.1) is 0 Å². The van der Waals surface area contributed by atoms with Crippen LogP contribution < -0.4 is 5.32 Å². The molecule has 3 rings (SSSR count). The molecule has 0 saturated carbocycles. The van der Waals surface area contributed by atoms with Crippen molar-refractivity contribution in [2.75, 3.05) is 5.32 Å². The Kier molecular flexibility index (Phi) is 3.55.